The molecule has 0 bridgehead atoms. The molecule has 0 aromatic rings. The predicted octanol–water partition coefficient (Wildman–Crippen LogP) is 5.20. The lowest BCUT2D eigenvalue weighted by Gasteiger charge is -2.49. The van der Waals surface area contributed by atoms with E-state index in [0.29, 0.717) is 0 Å². The number of thiol groups is 4. The number of hydrogen-bond acceptors (Lipinski definition) is 12. The van der Waals surface area contributed by atoms with E-state index in [1.165, 1.54) is 0 Å². The normalized spacial score (nSPS) is 16.4. The number of carbonyl (C=O) groups is 4. The Balaban J connectivity index is 7.99. The highest BCUT2D eigenvalue weighted by molar-refractivity contribution is 7.80. The Morgan fingerprint density at radius 2 is 0.683 bits per heavy atom. The molecule has 41 heavy (non-hydrogen) atoms. The monoisotopic (exact) mass is 648 g/mol. The van der Waals surface area contributed by atoms with Crippen LogP contribution >= 0.6 is 50.5 Å². The molecule has 0 aromatic heterocycles. The molecular formula is C29H44O8S4. The highest BCUT2D eigenvalue weighted by Crippen LogP contribution is 2.45. The van der Waals surface area contributed by atoms with E-state index >= 15 is 0 Å². The van der Waals surface area contributed by atoms with Crippen LogP contribution in [0.3, 0.4) is 0 Å². The molecular weight excluding hydrogens is 605 g/mol. The Morgan fingerprint density at radius 1 is 0.488 bits per heavy atom. The average Bonchev–Trinajstić information content (AvgIpc) is 2.90. The molecule has 4 atom stereocenters. The van der Waals surface area contributed by atoms with Crippen LogP contribution in [0.15, 0.2) is 48.6 Å². The SMILES string of the molecule is CC=CC(OC(=O)CCS)C(C(C=CC)OC(=O)CCS)(C(C=CC)OC(=O)CCS)C(C=CC)OC(=O)CCS. The topological polar surface area (TPSA) is 105 Å². The first-order valence-corrected chi connectivity index (χ1v) is 15.9. The largest absolute Gasteiger partial charge is 0.457 e. The Hall–Kier alpha value is -1.76. The Labute approximate surface area is 266 Å². The summed E-state index contributed by atoms with van der Waals surface area (Å²) < 4.78 is 24.0. The number of hydrogen-bond donors (Lipinski definition) is 4. The maximum Gasteiger partial charge on any atom is 0.307 e. The second-order valence-corrected chi connectivity index (χ2v) is 10.4. The van der Waals surface area contributed by atoms with E-state index in [9.17, 15) is 19.2 Å². The first-order valence-electron chi connectivity index (χ1n) is 13.4. The molecule has 0 aliphatic heterocycles. The molecule has 0 aliphatic rings. The third-order valence-electron chi connectivity index (χ3n) is 5.74. The molecule has 0 spiro atoms. The van der Waals surface area contributed by atoms with Gasteiger partial charge in [0.25, 0.3) is 0 Å². The van der Waals surface area contributed by atoms with Gasteiger partial charge >= 0.3 is 23.9 Å². The summed E-state index contributed by atoms with van der Waals surface area (Å²) >= 11 is 16.6. The second kappa shape index (κ2) is 22.8. The number of carbonyl (C=O) groups excluding carboxylic acids is 4. The van der Waals surface area contributed by atoms with Crippen molar-refractivity contribution >= 4 is 74.4 Å². The Bertz CT molecular complexity index is 782. The fourth-order valence-corrected chi connectivity index (χ4v) is 4.80. The highest BCUT2D eigenvalue weighted by atomic mass is 32.1. The number of ether oxygens (including phenoxy) is 4. The van der Waals surface area contributed by atoms with Gasteiger partial charge < -0.3 is 18.9 Å². The summed E-state index contributed by atoms with van der Waals surface area (Å²) in [6.07, 6.45) is 7.98. The van der Waals surface area contributed by atoms with Crippen molar-refractivity contribution < 1.29 is 38.1 Å². The Morgan fingerprint density at radius 3 is 0.829 bits per heavy atom. The van der Waals surface area contributed by atoms with E-state index in [1.807, 2.05) is 0 Å². The standard InChI is InChI=1S/C29H44O8S4/c1-5-9-21(34-25(30)13-17-38)29(22(10-6-2)35-26(31)14-18-39,23(11-7-3)36-27(32)15-19-40)24(12-8-4)37-28(33)16-20-41/h5-12,21-24,38-41H,13-20H2,1-4H3. The maximum atomic E-state index is 13.0. The summed E-state index contributed by atoms with van der Waals surface area (Å²) in [5.74, 6) is -1.54. The number of esters is 4. The van der Waals surface area contributed by atoms with Crippen molar-refractivity contribution in [3.05, 3.63) is 48.6 Å². The fourth-order valence-electron chi connectivity index (χ4n) is 4.07. The zero-order chi connectivity index (χ0) is 31.3. The third-order valence-corrected chi connectivity index (χ3v) is 6.63. The van der Waals surface area contributed by atoms with Crippen molar-refractivity contribution in [3.8, 4) is 0 Å². The van der Waals surface area contributed by atoms with Crippen molar-refractivity contribution in [3.63, 3.8) is 0 Å². The van der Waals surface area contributed by atoms with Crippen molar-refractivity contribution in [2.45, 2.75) is 77.8 Å². The van der Waals surface area contributed by atoms with Gasteiger partial charge in [0, 0.05) is 23.0 Å². The van der Waals surface area contributed by atoms with Crippen molar-refractivity contribution in [2.24, 2.45) is 5.41 Å². The molecule has 0 amide bonds. The molecule has 12 heteroatoms. The van der Waals surface area contributed by atoms with Crippen molar-refractivity contribution in [1.29, 1.82) is 0 Å². The van der Waals surface area contributed by atoms with Gasteiger partial charge in [0.15, 0.2) is 0 Å². The van der Waals surface area contributed by atoms with Crippen molar-refractivity contribution in [2.75, 3.05) is 23.0 Å². The first kappa shape index (κ1) is 39.2. The van der Waals surface area contributed by atoms with Gasteiger partial charge in [0.1, 0.15) is 29.8 Å². The minimum Gasteiger partial charge on any atom is -0.457 e. The van der Waals surface area contributed by atoms with Crippen LogP contribution in [0.1, 0.15) is 53.4 Å². The van der Waals surface area contributed by atoms with E-state index in [-0.39, 0.29) is 48.7 Å². The van der Waals surface area contributed by atoms with Crippen LogP contribution in [0, 0.1) is 5.41 Å². The van der Waals surface area contributed by atoms with Gasteiger partial charge in [-0.05, 0) is 52.0 Å². The number of allylic oxidation sites excluding steroid dienone is 4. The van der Waals surface area contributed by atoms with Crippen LogP contribution < -0.4 is 0 Å². The average molecular weight is 649 g/mol. The quantitative estimate of drug-likeness (QED) is 0.0618. The molecule has 0 N–H and O–H groups in total. The Kier molecular flexibility index (Phi) is 21.8. The molecule has 0 rings (SSSR count). The van der Waals surface area contributed by atoms with Crippen molar-refractivity contribution in [1.82, 2.24) is 0 Å². The molecule has 8 nitrogen and oxygen atoms in total. The molecule has 0 heterocycles. The molecule has 0 fully saturated rings. The van der Waals surface area contributed by atoms with Gasteiger partial charge in [-0.15, -0.1) is 0 Å². The van der Waals surface area contributed by atoms with Crippen LogP contribution in [0.4, 0.5) is 0 Å². The smallest absolute Gasteiger partial charge is 0.307 e. The molecule has 0 saturated heterocycles. The first-order chi connectivity index (χ1) is 19.7. The van der Waals surface area contributed by atoms with E-state index in [4.69, 9.17) is 18.9 Å². The van der Waals surface area contributed by atoms with Gasteiger partial charge in [-0.3, -0.25) is 19.2 Å². The van der Waals surface area contributed by atoms with Gasteiger partial charge in [-0.1, -0.05) is 24.3 Å². The van der Waals surface area contributed by atoms with Crippen LogP contribution in [0.25, 0.3) is 0 Å². The lowest BCUT2D eigenvalue weighted by Crippen LogP contribution is -2.62. The van der Waals surface area contributed by atoms with Gasteiger partial charge in [0.05, 0.1) is 25.7 Å². The molecule has 0 radical (unpaired) electrons. The maximum absolute atomic E-state index is 13.0. The van der Waals surface area contributed by atoms with E-state index in [2.05, 4.69) is 50.5 Å². The van der Waals surface area contributed by atoms with Crippen LogP contribution in [-0.4, -0.2) is 71.3 Å². The second-order valence-electron chi connectivity index (χ2n) is 8.64. The predicted molar refractivity (Wildman–Crippen MR) is 175 cm³/mol. The van der Waals surface area contributed by atoms with Crippen LogP contribution in [0.5, 0.6) is 0 Å². The highest BCUT2D eigenvalue weighted by Gasteiger charge is 2.60. The number of rotatable bonds is 20. The van der Waals surface area contributed by atoms with E-state index < -0.39 is 53.7 Å². The summed E-state index contributed by atoms with van der Waals surface area (Å²) in [4.78, 5) is 51.9. The van der Waals surface area contributed by atoms with Crippen LogP contribution in [-0.2, 0) is 38.1 Å². The zero-order valence-corrected chi connectivity index (χ0v) is 27.7. The zero-order valence-electron chi connectivity index (χ0n) is 24.1. The molecule has 232 valence electrons. The summed E-state index contributed by atoms with van der Waals surface area (Å²) in [6.45, 7) is 6.88. The summed E-state index contributed by atoms with van der Waals surface area (Å²) in [7, 11) is 0. The van der Waals surface area contributed by atoms with E-state index in [1.54, 1.807) is 76.3 Å². The van der Waals surface area contributed by atoms with Gasteiger partial charge in [0.2, 0.25) is 0 Å². The lowest BCUT2D eigenvalue weighted by atomic mass is 9.66. The summed E-state index contributed by atoms with van der Waals surface area (Å²) in [5, 5.41) is 0. The van der Waals surface area contributed by atoms with Gasteiger partial charge in [-0.2, -0.15) is 50.5 Å². The minimum atomic E-state index is -1.73. The summed E-state index contributed by atoms with van der Waals surface area (Å²) in [5.41, 5.74) is -1.73. The third kappa shape index (κ3) is 13.0. The molecule has 0 aromatic carbocycles. The van der Waals surface area contributed by atoms with Gasteiger partial charge in [-0.25, -0.2) is 0 Å². The summed E-state index contributed by atoms with van der Waals surface area (Å²) in [6, 6.07) is 0. The fraction of sp³-hybridized carbons (Fsp3) is 0.586. The lowest BCUT2D eigenvalue weighted by molar-refractivity contribution is -0.205. The molecule has 4 unspecified atom stereocenters. The minimum absolute atomic E-state index is 0.0254. The molecule has 0 saturated carbocycles. The van der Waals surface area contributed by atoms with E-state index in [0.717, 1.165) is 0 Å². The molecule has 0 aliphatic carbocycles. The van der Waals surface area contributed by atoms with Crippen LogP contribution in [0.2, 0.25) is 0 Å².